The van der Waals surface area contributed by atoms with Crippen LogP contribution in [-0.2, 0) is 4.79 Å². The minimum absolute atomic E-state index is 0. The summed E-state index contributed by atoms with van der Waals surface area (Å²) in [6.07, 6.45) is 5.90. The van der Waals surface area contributed by atoms with Gasteiger partial charge in [0.05, 0.1) is 0 Å². The Morgan fingerprint density at radius 3 is 2.78 bits per heavy atom. The van der Waals surface area contributed by atoms with Gasteiger partial charge in [0.15, 0.2) is 0 Å². The molecule has 1 heterocycles. The third-order valence-corrected chi connectivity index (χ3v) is 5.06. The van der Waals surface area contributed by atoms with E-state index in [-0.39, 0.29) is 18.3 Å². The van der Waals surface area contributed by atoms with E-state index in [2.05, 4.69) is 17.6 Å². The molecular weight excluding hydrogens is 268 g/mol. The molecule has 3 nitrogen and oxygen atoms in total. The average molecular weight is 293 g/mol. The maximum absolute atomic E-state index is 11.9. The van der Waals surface area contributed by atoms with Gasteiger partial charge in [0.25, 0.3) is 0 Å². The summed E-state index contributed by atoms with van der Waals surface area (Å²) in [7, 11) is 0. The molecule has 0 radical (unpaired) electrons. The Bertz CT molecular complexity index is 253. The molecule has 5 heteroatoms. The highest BCUT2D eigenvalue weighted by molar-refractivity contribution is 7.99. The molecule has 1 aliphatic heterocycles. The largest absolute Gasteiger partial charge is 0.353 e. The van der Waals surface area contributed by atoms with Gasteiger partial charge in [-0.15, -0.1) is 12.4 Å². The van der Waals surface area contributed by atoms with Crippen molar-refractivity contribution in [1.29, 1.82) is 0 Å². The SMILES string of the molecule is CC(NC(=O)CC1CSCCN1)C1CCCC1.Cl. The quantitative estimate of drug-likeness (QED) is 0.835. The molecule has 2 aliphatic rings. The third-order valence-electron chi connectivity index (χ3n) is 3.93. The summed E-state index contributed by atoms with van der Waals surface area (Å²) in [5, 5.41) is 6.59. The Morgan fingerprint density at radius 1 is 1.44 bits per heavy atom. The number of carbonyl (C=O) groups excluding carboxylic acids is 1. The van der Waals surface area contributed by atoms with Crippen molar-refractivity contribution >= 4 is 30.1 Å². The van der Waals surface area contributed by atoms with Crippen molar-refractivity contribution in [3.8, 4) is 0 Å². The van der Waals surface area contributed by atoms with Crippen molar-refractivity contribution in [2.45, 2.75) is 51.1 Å². The molecule has 2 rings (SSSR count). The topological polar surface area (TPSA) is 41.1 Å². The van der Waals surface area contributed by atoms with Gasteiger partial charge in [0, 0.05) is 36.6 Å². The van der Waals surface area contributed by atoms with Crippen LogP contribution in [0, 0.1) is 5.92 Å². The molecule has 0 aromatic carbocycles. The smallest absolute Gasteiger partial charge is 0.221 e. The lowest BCUT2D eigenvalue weighted by Gasteiger charge is -2.25. The first-order chi connectivity index (χ1) is 8.25. The Hall–Kier alpha value is 0.0700. The van der Waals surface area contributed by atoms with Crippen LogP contribution in [0.5, 0.6) is 0 Å². The fourth-order valence-corrected chi connectivity index (χ4v) is 3.81. The molecule has 2 fully saturated rings. The van der Waals surface area contributed by atoms with E-state index in [0.29, 0.717) is 24.4 Å². The normalized spacial score (nSPS) is 26.4. The van der Waals surface area contributed by atoms with Gasteiger partial charge < -0.3 is 10.6 Å². The van der Waals surface area contributed by atoms with Crippen LogP contribution in [0.2, 0.25) is 0 Å². The van der Waals surface area contributed by atoms with Crippen LogP contribution in [0.1, 0.15) is 39.0 Å². The molecule has 106 valence electrons. The standard InChI is InChI=1S/C13H24N2OS.ClH/c1-10(11-4-2-3-5-11)15-13(16)8-12-9-17-7-6-14-12;/h10-12,14H,2-9H2,1H3,(H,15,16);1H. The van der Waals surface area contributed by atoms with Gasteiger partial charge in [-0.2, -0.15) is 11.8 Å². The van der Waals surface area contributed by atoms with E-state index in [0.717, 1.165) is 12.3 Å². The summed E-state index contributed by atoms with van der Waals surface area (Å²) >= 11 is 1.95. The van der Waals surface area contributed by atoms with Gasteiger partial charge in [-0.1, -0.05) is 12.8 Å². The second-order valence-corrected chi connectivity index (χ2v) is 6.48. The highest BCUT2D eigenvalue weighted by Crippen LogP contribution is 2.27. The molecule has 2 atom stereocenters. The van der Waals surface area contributed by atoms with Crippen molar-refractivity contribution in [3.63, 3.8) is 0 Å². The first-order valence-corrected chi connectivity index (χ1v) is 8.01. The zero-order valence-corrected chi connectivity index (χ0v) is 12.7. The number of thioether (sulfide) groups is 1. The fraction of sp³-hybridized carbons (Fsp3) is 0.923. The van der Waals surface area contributed by atoms with Crippen LogP contribution in [0.25, 0.3) is 0 Å². The first kappa shape index (κ1) is 16.1. The summed E-state index contributed by atoms with van der Waals surface area (Å²) in [4.78, 5) is 11.9. The maximum Gasteiger partial charge on any atom is 0.221 e. The lowest BCUT2D eigenvalue weighted by molar-refractivity contribution is -0.122. The molecule has 1 amide bonds. The number of amides is 1. The molecule has 0 spiro atoms. The predicted octanol–water partition coefficient (Wildman–Crippen LogP) is 2.20. The van der Waals surface area contributed by atoms with Gasteiger partial charge in [-0.25, -0.2) is 0 Å². The number of hydrogen-bond donors (Lipinski definition) is 2. The van der Waals surface area contributed by atoms with E-state index in [1.54, 1.807) is 0 Å². The molecule has 1 saturated carbocycles. The van der Waals surface area contributed by atoms with Crippen molar-refractivity contribution in [3.05, 3.63) is 0 Å². The third kappa shape index (κ3) is 4.98. The number of hydrogen-bond acceptors (Lipinski definition) is 3. The summed E-state index contributed by atoms with van der Waals surface area (Å²) in [6, 6.07) is 0.741. The molecule has 0 aromatic rings. The number of carbonyl (C=O) groups is 1. The highest BCUT2D eigenvalue weighted by atomic mass is 35.5. The van der Waals surface area contributed by atoms with Gasteiger partial charge in [0.2, 0.25) is 5.91 Å². The van der Waals surface area contributed by atoms with Gasteiger partial charge in [0.1, 0.15) is 0 Å². The monoisotopic (exact) mass is 292 g/mol. The van der Waals surface area contributed by atoms with Crippen LogP contribution < -0.4 is 10.6 Å². The second-order valence-electron chi connectivity index (χ2n) is 5.33. The maximum atomic E-state index is 11.9. The molecule has 18 heavy (non-hydrogen) atoms. The van der Waals surface area contributed by atoms with Crippen LogP contribution in [0.15, 0.2) is 0 Å². The number of halogens is 1. The lowest BCUT2D eigenvalue weighted by atomic mass is 9.99. The number of nitrogens with one attached hydrogen (secondary N) is 2. The van der Waals surface area contributed by atoms with Crippen LogP contribution in [0.4, 0.5) is 0 Å². The summed E-state index contributed by atoms with van der Waals surface area (Å²) in [6.45, 7) is 3.21. The molecule has 1 aliphatic carbocycles. The minimum Gasteiger partial charge on any atom is -0.353 e. The van der Waals surface area contributed by atoms with Crippen LogP contribution >= 0.6 is 24.2 Å². The zero-order chi connectivity index (χ0) is 12.1. The fourth-order valence-electron chi connectivity index (χ4n) is 2.86. The van der Waals surface area contributed by atoms with E-state index >= 15 is 0 Å². The summed E-state index contributed by atoms with van der Waals surface area (Å²) in [5.74, 6) is 3.19. The Kier molecular flexibility index (Phi) is 7.42. The lowest BCUT2D eigenvalue weighted by Crippen LogP contribution is -2.44. The van der Waals surface area contributed by atoms with Crippen molar-refractivity contribution in [2.75, 3.05) is 18.1 Å². The predicted molar refractivity (Wildman–Crippen MR) is 80.5 cm³/mol. The second kappa shape index (κ2) is 8.28. The summed E-state index contributed by atoms with van der Waals surface area (Å²) < 4.78 is 0. The van der Waals surface area contributed by atoms with Gasteiger partial charge >= 0.3 is 0 Å². The highest BCUT2D eigenvalue weighted by Gasteiger charge is 2.24. The van der Waals surface area contributed by atoms with E-state index < -0.39 is 0 Å². The molecule has 1 saturated heterocycles. The molecular formula is C13H25ClN2OS. The minimum atomic E-state index is 0. The molecule has 0 aromatic heterocycles. The van der Waals surface area contributed by atoms with Crippen LogP contribution in [0.3, 0.4) is 0 Å². The van der Waals surface area contributed by atoms with Crippen LogP contribution in [-0.4, -0.2) is 36.0 Å². The van der Waals surface area contributed by atoms with Crippen molar-refractivity contribution in [2.24, 2.45) is 5.92 Å². The molecule has 2 unspecified atom stereocenters. The molecule has 0 bridgehead atoms. The van der Waals surface area contributed by atoms with Gasteiger partial charge in [-0.05, 0) is 25.7 Å². The Balaban J connectivity index is 0.00000162. The molecule has 2 N–H and O–H groups in total. The van der Waals surface area contributed by atoms with Crippen molar-refractivity contribution in [1.82, 2.24) is 10.6 Å². The van der Waals surface area contributed by atoms with E-state index in [1.165, 1.54) is 31.4 Å². The average Bonchev–Trinajstić information content (AvgIpc) is 2.83. The van der Waals surface area contributed by atoms with Crippen molar-refractivity contribution < 1.29 is 4.79 Å². The van der Waals surface area contributed by atoms with Gasteiger partial charge in [-0.3, -0.25) is 4.79 Å². The zero-order valence-electron chi connectivity index (χ0n) is 11.1. The number of rotatable bonds is 4. The summed E-state index contributed by atoms with van der Waals surface area (Å²) in [5.41, 5.74) is 0. The Morgan fingerprint density at radius 2 is 2.17 bits per heavy atom. The van der Waals surface area contributed by atoms with E-state index in [1.807, 2.05) is 11.8 Å². The Labute approximate surface area is 121 Å². The van der Waals surface area contributed by atoms with E-state index in [9.17, 15) is 4.79 Å². The first-order valence-electron chi connectivity index (χ1n) is 6.86. The van der Waals surface area contributed by atoms with E-state index in [4.69, 9.17) is 0 Å².